The summed E-state index contributed by atoms with van der Waals surface area (Å²) in [7, 11) is 1.79. The number of halogens is 2. The van der Waals surface area contributed by atoms with Crippen molar-refractivity contribution in [1.82, 2.24) is 14.9 Å². The fourth-order valence-electron chi connectivity index (χ4n) is 2.29. The van der Waals surface area contributed by atoms with Gasteiger partial charge in [0.15, 0.2) is 0 Å². The van der Waals surface area contributed by atoms with Gasteiger partial charge in [0.2, 0.25) is 0 Å². The molecule has 0 aliphatic carbocycles. The van der Waals surface area contributed by atoms with E-state index in [0.29, 0.717) is 12.8 Å². The molecule has 0 saturated carbocycles. The third-order valence-corrected chi connectivity index (χ3v) is 3.49. The Hall–Kier alpha value is -1.75. The summed E-state index contributed by atoms with van der Waals surface area (Å²) in [4.78, 5) is 4.30. The highest BCUT2D eigenvalue weighted by Crippen LogP contribution is 2.15. The maximum absolute atomic E-state index is 13.7. The van der Waals surface area contributed by atoms with E-state index in [-0.39, 0.29) is 11.6 Å². The standard InChI is InChI=1S/C15H19F2N3/c1-3-20-8-7-19-15(20)10-11(18-2)9-12-13(16)5-4-6-14(12)17/h4-8,11,18H,3,9-10H2,1-2H3. The van der Waals surface area contributed by atoms with Crippen molar-refractivity contribution >= 4 is 0 Å². The van der Waals surface area contributed by atoms with Gasteiger partial charge in [0.25, 0.3) is 0 Å². The second kappa shape index (κ2) is 6.61. The summed E-state index contributed by atoms with van der Waals surface area (Å²) in [5.41, 5.74) is 0.126. The van der Waals surface area contributed by atoms with Gasteiger partial charge in [-0.2, -0.15) is 0 Å². The molecule has 1 N–H and O–H groups in total. The van der Waals surface area contributed by atoms with E-state index in [4.69, 9.17) is 0 Å². The van der Waals surface area contributed by atoms with E-state index in [1.807, 2.05) is 17.7 Å². The third kappa shape index (κ3) is 3.22. The van der Waals surface area contributed by atoms with Gasteiger partial charge in [-0.1, -0.05) is 6.07 Å². The largest absolute Gasteiger partial charge is 0.335 e. The Balaban J connectivity index is 2.13. The van der Waals surface area contributed by atoms with E-state index in [1.165, 1.54) is 18.2 Å². The van der Waals surface area contributed by atoms with Crippen molar-refractivity contribution in [2.45, 2.75) is 32.4 Å². The van der Waals surface area contributed by atoms with Gasteiger partial charge in [-0.15, -0.1) is 0 Å². The number of hydrogen-bond acceptors (Lipinski definition) is 2. The van der Waals surface area contributed by atoms with Crippen LogP contribution in [0.2, 0.25) is 0 Å². The van der Waals surface area contributed by atoms with Gasteiger partial charge in [-0.05, 0) is 32.5 Å². The van der Waals surface area contributed by atoms with Crippen molar-refractivity contribution in [3.8, 4) is 0 Å². The Bertz CT molecular complexity index is 546. The van der Waals surface area contributed by atoms with Crippen molar-refractivity contribution in [2.24, 2.45) is 0 Å². The van der Waals surface area contributed by atoms with Crippen LogP contribution in [0.15, 0.2) is 30.6 Å². The lowest BCUT2D eigenvalue weighted by Crippen LogP contribution is -2.31. The summed E-state index contributed by atoms with van der Waals surface area (Å²) >= 11 is 0. The minimum absolute atomic E-state index is 0.0610. The first-order valence-corrected chi connectivity index (χ1v) is 6.75. The summed E-state index contributed by atoms with van der Waals surface area (Å²) < 4.78 is 29.4. The maximum atomic E-state index is 13.7. The second-order valence-electron chi connectivity index (χ2n) is 4.72. The van der Waals surface area contributed by atoms with E-state index in [0.717, 1.165) is 12.4 Å². The van der Waals surface area contributed by atoms with Crippen molar-refractivity contribution in [3.05, 3.63) is 53.6 Å². The molecule has 0 spiro atoms. The molecule has 0 aliphatic heterocycles. The molecule has 0 radical (unpaired) electrons. The van der Waals surface area contributed by atoms with Crippen LogP contribution in [0.25, 0.3) is 0 Å². The first-order chi connectivity index (χ1) is 9.65. The minimum Gasteiger partial charge on any atom is -0.335 e. The predicted octanol–water partition coefficient (Wildman–Crippen LogP) is 2.55. The number of likely N-dealkylation sites (N-methyl/N-ethyl adjacent to an activating group) is 1. The molecule has 0 aliphatic rings. The molecule has 2 aromatic rings. The number of hydrogen-bond donors (Lipinski definition) is 1. The van der Waals surface area contributed by atoms with Gasteiger partial charge in [0.05, 0.1) is 0 Å². The van der Waals surface area contributed by atoms with E-state index < -0.39 is 11.6 Å². The molecule has 1 heterocycles. The van der Waals surface area contributed by atoms with Gasteiger partial charge in [-0.3, -0.25) is 0 Å². The summed E-state index contributed by atoms with van der Waals surface area (Å²) in [6, 6.07) is 3.90. The summed E-state index contributed by atoms with van der Waals surface area (Å²) in [6.45, 7) is 2.87. The van der Waals surface area contributed by atoms with Crippen LogP contribution < -0.4 is 5.32 Å². The van der Waals surface area contributed by atoms with Crippen molar-refractivity contribution < 1.29 is 8.78 Å². The maximum Gasteiger partial charge on any atom is 0.129 e. The fourth-order valence-corrected chi connectivity index (χ4v) is 2.29. The van der Waals surface area contributed by atoms with E-state index in [9.17, 15) is 8.78 Å². The molecule has 0 saturated heterocycles. The Morgan fingerprint density at radius 2 is 1.95 bits per heavy atom. The highest BCUT2D eigenvalue weighted by atomic mass is 19.1. The zero-order valence-corrected chi connectivity index (χ0v) is 11.7. The van der Waals surface area contributed by atoms with E-state index in [1.54, 1.807) is 13.2 Å². The quantitative estimate of drug-likeness (QED) is 0.880. The van der Waals surface area contributed by atoms with Crippen LogP contribution in [0.5, 0.6) is 0 Å². The van der Waals surface area contributed by atoms with Crippen LogP contribution >= 0.6 is 0 Å². The second-order valence-corrected chi connectivity index (χ2v) is 4.72. The number of aryl methyl sites for hydroxylation is 1. The first kappa shape index (κ1) is 14.7. The van der Waals surface area contributed by atoms with Crippen molar-refractivity contribution in [2.75, 3.05) is 7.05 Å². The van der Waals surface area contributed by atoms with E-state index >= 15 is 0 Å². The topological polar surface area (TPSA) is 29.9 Å². The average molecular weight is 279 g/mol. The molecule has 0 bridgehead atoms. The van der Waals surface area contributed by atoms with E-state index in [2.05, 4.69) is 10.3 Å². The van der Waals surface area contributed by atoms with Crippen LogP contribution in [0.3, 0.4) is 0 Å². The van der Waals surface area contributed by atoms with Gasteiger partial charge < -0.3 is 9.88 Å². The number of nitrogens with zero attached hydrogens (tertiary/aromatic N) is 2. The number of imidazole rings is 1. The number of benzene rings is 1. The van der Waals surface area contributed by atoms with Crippen LogP contribution in [-0.4, -0.2) is 22.6 Å². The Kier molecular flexibility index (Phi) is 4.84. The molecule has 1 aromatic carbocycles. The summed E-state index contributed by atoms with van der Waals surface area (Å²) in [5.74, 6) is -0.0724. The Morgan fingerprint density at radius 1 is 1.25 bits per heavy atom. The summed E-state index contributed by atoms with van der Waals surface area (Å²) in [6.07, 6.45) is 4.58. The fraction of sp³-hybridized carbons (Fsp3) is 0.400. The molecule has 1 unspecified atom stereocenters. The van der Waals surface area contributed by atoms with Gasteiger partial charge in [-0.25, -0.2) is 13.8 Å². The minimum atomic E-state index is -0.496. The molecule has 1 atom stereocenters. The van der Waals surface area contributed by atoms with Gasteiger partial charge in [0.1, 0.15) is 17.5 Å². The molecule has 1 aromatic heterocycles. The molecule has 20 heavy (non-hydrogen) atoms. The smallest absolute Gasteiger partial charge is 0.129 e. The number of nitrogens with one attached hydrogen (secondary N) is 1. The molecule has 5 heteroatoms. The highest BCUT2D eigenvalue weighted by Gasteiger charge is 2.16. The van der Waals surface area contributed by atoms with Crippen LogP contribution in [0.1, 0.15) is 18.3 Å². The van der Waals surface area contributed by atoms with Crippen LogP contribution in [-0.2, 0) is 19.4 Å². The van der Waals surface area contributed by atoms with Crippen LogP contribution in [0.4, 0.5) is 8.78 Å². The van der Waals surface area contributed by atoms with Gasteiger partial charge >= 0.3 is 0 Å². The third-order valence-electron chi connectivity index (χ3n) is 3.49. The van der Waals surface area contributed by atoms with Gasteiger partial charge in [0, 0.05) is 37.0 Å². The normalized spacial score (nSPS) is 12.6. The number of aromatic nitrogens is 2. The average Bonchev–Trinajstić information content (AvgIpc) is 2.88. The molecular weight excluding hydrogens is 260 g/mol. The van der Waals surface area contributed by atoms with Crippen molar-refractivity contribution in [1.29, 1.82) is 0 Å². The summed E-state index contributed by atoms with van der Waals surface area (Å²) in [5, 5.41) is 3.11. The lowest BCUT2D eigenvalue weighted by molar-refractivity contribution is 0.488. The predicted molar refractivity (Wildman–Crippen MR) is 74.5 cm³/mol. The molecule has 3 nitrogen and oxygen atoms in total. The Labute approximate surface area is 117 Å². The molecule has 0 amide bonds. The number of rotatable bonds is 6. The highest BCUT2D eigenvalue weighted by molar-refractivity contribution is 5.21. The zero-order chi connectivity index (χ0) is 14.5. The molecule has 0 fully saturated rings. The lowest BCUT2D eigenvalue weighted by Gasteiger charge is -2.17. The first-order valence-electron chi connectivity index (χ1n) is 6.75. The lowest BCUT2D eigenvalue weighted by atomic mass is 10.0. The zero-order valence-electron chi connectivity index (χ0n) is 11.7. The SMILES string of the molecule is CCn1ccnc1CC(Cc1c(F)cccc1F)NC. The molecule has 108 valence electrons. The monoisotopic (exact) mass is 279 g/mol. The Morgan fingerprint density at radius 3 is 2.55 bits per heavy atom. The van der Waals surface area contributed by atoms with Crippen molar-refractivity contribution in [3.63, 3.8) is 0 Å². The molecule has 2 rings (SSSR count). The van der Waals surface area contributed by atoms with Crippen LogP contribution in [0, 0.1) is 11.6 Å². The molecular formula is C15H19F2N3.